The van der Waals surface area contributed by atoms with Crippen LogP contribution in [0.2, 0.25) is 0 Å². The summed E-state index contributed by atoms with van der Waals surface area (Å²) in [6, 6.07) is 9.10. The minimum atomic E-state index is -4.86. The minimum Gasteiger partial charge on any atom is -0.324 e. The molecule has 4 rings (SSSR count). The van der Waals surface area contributed by atoms with Crippen molar-refractivity contribution >= 4 is 41.4 Å². The van der Waals surface area contributed by atoms with Crippen molar-refractivity contribution in [2.24, 2.45) is 4.99 Å². The number of aliphatic imine (C=N–C) groups is 1. The number of alkyl halides is 3. The smallest absolute Gasteiger partial charge is 0.324 e. The number of aromatic nitrogens is 1. The van der Waals surface area contributed by atoms with E-state index in [2.05, 4.69) is 4.99 Å². The molecule has 0 amide bonds. The maximum Gasteiger partial charge on any atom is 0.678 e. The van der Waals surface area contributed by atoms with Gasteiger partial charge in [0.25, 0.3) is 0 Å². The molecule has 4 heterocycles. The molecule has 0 atom stereocenters. The van der Waals surface area contributed by atoms with Crippen molar-refractivity contribution < 1.29 is 21.8 Å². The van der Waals surface area contributed by atoms with Crippen LogP contribution in [0.15, 0.2) is 70.0 Å². The van der Waals surface area contributed by atoms with Crippen LogP contribution in [0, 0.1) is 0 Å². The van der Waals surface area contributed by atoms with Crippen LogP contribution in [0.25, 0.3) is 16.1 Å². The zero-order chi connectivity index (χ0) is 19.9. The summed E-state index contributed by atoms with van der Waals surface area (Å²) in [5, 5.41) is 3.46. The van der Waals surface area contributed by atoms with E-state index in [1.165, 1.54) is 40.9 Å². The summed E-state index contributed by atoms with van der Waals surface area (Å²) in [4.78, 5) is 5.23. The number of nitrogens with zero attached hydrogens (tertiary/aromatic N) is 2. The van der Waals surface area contributed by atoms with Crippen molar-refractivity contribution in [2.75, 3.05) is 0 Å². The summed E-state index contributed by atoms with van der Waals surface area (Å²) in [7, 11) is -3.13. The number of allylic oxidation sites excluding steroid dienone is 3. The van der Waals surface area contributed by atoms with E-state index in [0.717, 1.165) is 6.07 Å². The third kappa shape index (κ3) is 3.38. The van der Waals surface area contributed by atoms with Crippen molar-refractivity contribution in [3.63, 3.8) is 0 Å². The quantitative estimate of drug-likeness (QED) is 0.342. The topological polar surface area (TPSA) is 17.3 Å². The second kappa shape index (κ2) is 7.18. The third-order valence-electron chi connectivity index (χ3n) is 4.10. The van der Waals surface area contributed by atoms with Crippen molar-refractivity contribution in [2.45, 2.75) is 6.18 Å². The van der Waals surface area contributed by atoms with Crippen LogP contribution in [0.5, 0.6) is 0 Å². The Hall–Kier alpha value is -2.46. The molecule has 142 valence electrons. The second-order valence-electron chi connectivity index (χ2n) is 5.79. The summed E-state index contributed by atoms with van der Waals surface area (Å²) < 4.78 is 69.7. The van der Waals surface area contributed by atoms with E-state index in [-0.39, 0.29) is 11.4 Å². The highest BCUT2D eigenvalue weighted by Crippen LogP contribution is 2.41. The van der Waals surface area contributed by atoms with Crippen molar-refractivity contribution in [3.05, 3.63) is 75.6 Å². The van der Waals surface area contributed by atoms with Gasteiger partial charge in [0, 0.05) is 10.6 Å². The number of hydrogen-bond acceptors (Lipinski definition) is 3. The van der Waals surface area contributed by atoms with Gasteiger partial charge in [0.2, 0.25) is 0 Å². The van der Waals surface area contributed by atoms with Gasteiger partial charge in [0.1, 0.15) is 5.57 Å². The molecule has 10 heteroatoms. The Morgan fingerprint density at radius 1 is 0.929 bits per heavy atom. The van der Waals surface area contributed by atoms with Gasteiger partial charge in [-0.25, -0.2) is 4.99 Å². The average molecular weight is 424 g/mol. The molecule has 3 aromatic rings. The fourth-order valence-electron chi connectivity index (χ4n) is 2.97. The number of rotatable bonds is 4. The molecule has 0 fully saturated rings. The van der Waals surface area contributed by atoms with Gasteiger partial charge >= 0.3 is 13.6 Å². The molecule has 3 aromatic heterocycles. The fraction of sp³-hybridized carbons (Fsp3) is 0.0556. The first-order chi connectivity index (χ1) is 13.4. The molecule has 0 unspecified atom stereocenters. The average Bonchev–Trinajstić information content (AvgIpc) is 3.40. The molecule has 0 aromatic carbocycles. The van der Waals surface area contributed by atoms with E-state index in [9.17, 15) is 21.8 Å². The normalized spacial score (nSPS) is 15.8. The van der Waals surface area contributed by atoms with Crippen molar-refractivity contribution in [1.29, 1.82) is 0 Å². The van der Waals surface area contributed by atoms with Gasteiger partial charge in [0.05, 0.1) is 22.0 Å². The lowest BCUT2D eigenvalue weighted by atomic mass is 10.1. The zero-order valence-corrected chi connectivity index (χ0v) is 15.6. The molecular formula is C18H10BF5N2S2. The van der Waals surface area contributed by atoms with Crippen LogP contribution in [0.3, 0.4) is 0 Å². The first-order valence-corrected chi connectivity index (χ1v) is 9.78. The SMILES string of the molecule is FB(F)n1c(/C(=C2/C=CC(c3cccs3)=N2)C(F)(F)F)ccc1-c1cccs1. The number of hydrogen-bond donors (Lipinski definition) is 0. The lowest BCUT2D eigenvalue weighted by Gasteiger charge is -2.16. The van der Waals surface area contributed by atoms with E-state index in [4.69, 9.17) is 0 Å². The third-order valence-corrected chi connectivity index (χ3v) is 5.88. The molecule has 1 aliphatic heterocycles. The van der Waals surface area contributed by atoms with Gasteiger partial charge < -0.3 is 4.48 Å². The van der Waals surface area contributed by atoms with Gasteiger partial charge in [0.15, 0.2) is 0 Å². The van der Waals surface area contributed by atoms with Crippen molar-refractivity contribution in [1.82, 2.24) is 4.48 Å². The van der Waals surface area contributed by atoms with Gasteiger partial charge in [-0.2, -0.15) is 13.2 Å². The first-order valence-electron chi connectivity index (χ1n) is 8.02. The summed E-state index contributed by atoms with van der Waals surface area (Å²) >= 11 is 2.52. The van der Waals surface area contributed by atoms with Crippen molar-refractivity contribution in [3.8, 4) is 10.6 Å². The lowest BCUT2D eigenvalue weighted by molar-refractivity contribution is -0.0696. The highest BCUT2D eigenvalue weighted by molar-refractivity contribution is 7.13. The van der Waals surface area contributed by atoms with Gasteiger partial charge in [-0.3, -0.25) is 8.63 Å². The largest absolute Gasteiger partial charge is 0.678 e. The molecule has 0 saturated carbocycles. The summed E-state index contributed by atoms with van der Waals surface area (Å²) in [6.45, 7) is 0. The Bertz CT molecular complexity index is 1070. The van der Waals surface area contributed by atoms with E-state index >= 15 is 0 Å². The Kier molecular flexibility index (Phi) is 4.84. The standard InChI is InChI=1S/C18H10BF5N2S2/c20-18(21,22)17(12-6-5-11(25-12)15-3-1-9-27-15)14-8-7-13(26(14)19(23)24)16-4-2-10-28-16/h1-10H/b17-12+. The molecule has 1 aliphatic rings. The maximum atomic E-state index is 13.9. The molecule has 2 nitrogen and oxygen atoms in total. The maximum absolute atomic E-state index is 13.9. The van der Waals surface area contributed by atoms with E-state index < -0.39 is 24.8 Å². The summed E-state index contributed by atoms with van der Waals surface area (Å²) in [5.41, 5.74) is -1.76. The fourth-order valence-corrected chi connectivity index (χ4v) is 4.42. The van der Waals surface area contributed by atoms with Crippen LogP contribution in [0.1, 0.15) is 10.6 Å². The van der Waals surface area contributed by atoms with Crippen LogP contribution >= 0.6 is 22.7 Å². The predicted molar refractivity (Wildman–Crippen MR) is 104 cm³/mol. The van der Waals surface area contributed by atoms with Gasteiger partial charge in [-0.1, -0.05) is 12.1 Å². The Morgan fingerprint density at radius 3 is 2.18 bits per heavy atom. The lowest BCUT2D eigenvalue weighted by Crippen LogP contribution is -2.22. The van der Waals surface area contributed by atoms with Gasteiger partial charge in [-0.15, -0.1) is 22.7 Å². The summed E-state index contributed by atoms with van der Waals surface area (Å²) in [5.74, 6) is 0. The molecular weight excluding hydrogens is 414 g/mol. The van der Waals surface area contributed by atoms with Crippen LogP contribution in [0.4, 0.5) is 21.8 Å². The molecule has 0 bridgehead atoms. The molecule has 0 N–H and O–H groups in total. The Labute approximate surface area is 165 Å². The first kappa shape index (κ1) is 18.9. The summed E-state index contributed by atoms with van der Waals surface area (Å²) in [6.07, 6.45) is -2.18. The number of halogens is 5. The molecule has 0 aliphatic carbocycles. The Balaban J connectivity index is 1.91. The monoisotopic (exact) mass is 424 g/mol. The second-order valence-corrected chi connectivity index (χ2v) is 7.69. The highest BCUT2D eigenvalue weighted by atomic mass is 32.1. The van der Waals surface area contributed by atoms with Crippen LogP contribution in [-0.4, -0.2) is 23.8 Å². The predicted octanol–water partition coefficient (Wildman–Crippen LogP) is 6.38. The van der Waals surface area contributed by atoms with E-state index in [1.807, 2.05) is 0 Å². The minimum absolute atomic E-state index is 0.0341. The van der Waals surface area contributed by atoms with E-state index in [0.29, 0.717) is 19.9 Å². The number of thiophene rings is 2. The zero-order valence-electron chi connectivity index (χ0n) is 14.0. The molecule has 0 radical (unpaired) electrons. The van der Waals surface area contributed by atoms with Crippen LogP contribution in [-0.2, 0) is 0 Å². The van der Waals surface area contributed by atoms with E-state index in [1.54, 1.807) is 35.0 Å². The Morgan fingerprint density at radius 2 is 1.61 bits per heavy atom. The van der Waals surface area contributed by atoms with Gasteiger partial charge in [-0.05, 0) is 47.2 Å². The molecule has 0 saturated heterocycles. The highest BCUT2D eigenvalue weighted by Gasteiger charge is 2.41. The molecule has 28 heavy (non-hydrogen) atoms. The van der Waals surface area contributed by atoms with Crippen LogP contribution < -0.4 is 0 Å². The molecule has 0 spiro atoms.